The SMILES string of the molecule is CC1=NCC(C23CC4CC(CC(C4)C2)C3)N1.O=C(O)/C=C/C(=O)O. The summed E-state index contributed by atoms with van der Waals surface area (Å²) in [6, 6.07) is 0.681. The van der Waals surface area contributed by atoms with Gasteiger partial charge in [-0.15, -0.1) is 0 Å². The van der Waals surface area contributed by atoms with Gasteiger partial charge in [0.05, 0.1) is 18.4 Å². The van der Waals surface area contributed by atoms with Crippen molar-refractivity contribution in [2.24, 2.45) is 28.2 Å². The topological polar surface area (TPSA) is 99.0 Å². The Bertz CT molecular complexity index is 530. The van der Waals surface area contributed by atoms with Crippen molar-refractivity contribution < 1.29 is 19.8 Å². The molecule has 0 aromatic carbocycles. The summed E-state index contributed by atoms with van der Waals surface area (Å²) < 4.78 is 0. The van der Waals surface area contributed by atoms with Crippen LogP contribution in [-0.4, -0.2) is 40.6 Å². The van der Waals surface area contributed by atoms with Crippen LogP contribution in [0.5, 0.6) is 0 Å². The van der Waals surface area contributed by atoms with Gasteiger partial charge in [0.25, 0.3) is 0 Å². The summed E-state index contributed by atoms with van der Waals surface area (Å²) in [6.45, 7) is 3.18. The Labute approximate surface area is 142 Å². The fourth-order valence-electron chi connectivity index (χ4n) is 5.67. The van der Waals surface area contributed by atoms with Crippen molar-refractivity contribution in [3.05, 3.63) is 12.2 Å². The number of amidine groups is 1. The standard InChI is InChI=1S/C14H22N2.C4H4O4/c1-9-15-8-13(16-9)14-5-10-2-11(6-14)4-12(3-10)7-14;5-3(6)1-2-4(7)8/h10-13H,2-8H2,1H3,(H,15,16);1-2H,(H,5,6)(H,7,8)/b;2-1+. The van der Waals surface area contributed by atoms with Crippen LogP contribution in [0, 0.1) is 23.2 Å². The van der Waals surface area contributed by atoms with Crippen LogP contribution < -0.4 is 5.32 Å². The zero-order valence-corrected chi connectivity index (χ0v) is 14.1. The van der Waals surface area contributed by atoms with Gasteiger partial charge in [-0.05, 0) is 68.6 Å². The lowest BCUT2D eigenvalue weighted by Crippen LogP contribution is -2.55. The third-order valence-electron chi connectivity index (χ3n) is 6.09. The molecule has 4 aliphatic carbocycles. The summed E-state index contributed by atoms with van der Waals surface area (Å²) in [7, 11) is 0. The zero-order valence-electron chi connectivity index (χ0n) is 14.1. The molecule has 1 unspecified atom stereocenters. The minimum Gasteiger partial charge on any atom is -0.478 e. The third kappa shape index (κ3) is 3.62. The monoisotopic (exact) mass is 334 g/mol. The number of aliphatic imine (C=N–C) groups is 1. The summed E-state index contributed by atoms with van der Waals surface area (Å²) in [5.41, 5.74) is 0.635. The van der Waals surface area contributed by atoms with Gasteiger partial charge in [0.2, 0.25) is 0 Å². The molecule has 6 nitrogen and oxygen atoms in total. The molecular weight excluding hydrogens is 308 g/mol. The normalized spacial score (nSPS) is 39.1. The van der Waals surface area contributed by atoms with Gasteiger partial charge in [-0.1, -0.05) is 0 Å². The molecule has 4 fully saturated rings. The first-order valence-electron chi connectivity index (χ1n) is 8.78. The molecule has 0 spiro atoms. The highest BCUT2D eigenvalue weighted by Crippen LogP contribution is 2.61. The number of nitrogens with one attached hydrogen (secondary N) is 1. The van der Waals surface area contributed by atoms with Gasteiger partial charge in [-0.2, -0.15) is 0 Å². The second-order valence-corrected chi connectivity index (χ2v) is 7.91. The van der Waals surface area contributed by atoms with E-state index in [0.717, 1.165) is 24.3 Å². The van der Waals surface area contributed by atoms with Crippen LogP contribution in [-0.2, 0) is 9.59 Å². The number of nitrogens with zero attached hydrogens (tertiary/aromatic N) is 1. The zero-order chi connectivity index (χ0) is 17.3. The molecule has 5 aliphatic rings. The second kappa shape index (κ2) is 6.57. The van der Waals surface area contributed by atoms with Crippen LogP contribution in [0.25, 0.3) is 0 Å². The van der Waals surface area contributed by atoms with E-state index in [2.05, 4.69) is 17.2 Å². The maximum absolute atomic E-state index is 9.55. The van der Waals surface area contributed by atoms with E-state index in [4.69, 9.17) is 10.2 Å². The molecule has 3 N–H and O–H groups in total. The number of hydrogen-bond acceptors (Lipinski definition) is 4. The van der Waals surface area contributed by atoms with Crippen molar-refractivity contribution in [2.45, 2.75) is 51.5 Å². The fourth-order valence-corrected chi connectivity index (χ4v) is 5.67. The highest BCUT2D eigenvalue weighted by molar-refractivity contribution is 5.89. The number of carboxylic acids is 2. The smallest absolute Gasteiger partial charge is 0.328 e. The Morgan fingerprint density at radius 1 is 1.04 bits per heavy atom. The van der Waals surface area contributed by atoms with Crippen LogP contribution in [0.15, 0.2) is 17.1 Å². The number of aliphatic carboxylic acids is 2. The molecule has 1 atom stereocenters. The van der Waals surface area contributed by atoms with Crippen LogP contribution in [0.2, 0.25) is 0 Å². The summed E-state index contributed by atoms with van der Waals surface area (Å²) in [5, 5.41) is 19.3. The van der Waals surface area contributed by atoms with Gasteiger partial charge in [0, 0.05) is 12.2 Å². The first kappa shape index (κ1) is 17.0. The van der Waals surface area contributed by atoms with E-state index in [0.29, 0.717) is 23.6 Å². The molecule has 1 heterocycles. The predicted molar refractivity (Wildman–Crippen MR) is 89.9 cm³/mol. The first-order valence-corrected chi connectivity index (χ1v) is 8.78. The summed E-state index contributed by atoms with van der Waals surface area (Å²) >= 11 is 0. The van der Waals surface area contributed by atoms with Crippen molar-refractivity contribution in [1.29, 1.82) is 0 Å². The molecule has 1 aliphatic heterocycles. The highest BCUT2D eigenvalue weighted by atomic mass is 16.4. The lowest BCUT2D eigenvalue weighted by Gasteiger charge is -2.58. The minimum atomic E-state index is -1.26. The molecule has 5 rings (SSSR count). The molecular formula is C18H26N2O4. The summed E-state index contributed by atoms with van der Waals surface area (Å²) in [4.78, 5) is 23.7. The van der Waals surface area contributed by atoms with Crippen molar-refractivity contribution in [1.82, 2.24) is 5.32 Å². The van der Waals surface area contributed by atoms with Crippen LogP contribution >= 0.6 is 0 Å². The third-order valence-corrected chi connectivity index (χ3v) is 6.09. The van der Waals surface area contributed by atoms with Crippen molar-refractivity contribution in [3.8, 4) is 0 Å². The van der Waals surface area contributed by atoms with E-state index in [9.17, 15) is 9.59 Å². The van der Waals surface area contributed by atoms with Crippen molar-refractivity contribution >= 4 is 17.8 Å². The van der Waals surface area contributed by atoms with E-state index < -0.39 is 11.9 Å². The lowest BCUT2D eigenvalue weighted by atomic mass is 9.48. The minimum absolute atomic E-state index is 0.558. The predicted octanol–water partition coefficient (Wildman–Crippen LogP) is 2.30. The van der Waals surface area contributed by atoms with Gasteiger partial charge >= 0.3 is 11.9 Å². The second-order valence-electron chi connectivity index (χ2n) is 7.91. The average Bonchev–Trinajstić information content (AvgIpc) is 2.92. The Morgan fingerprint density at radius 3 is 1.83 bits per heavy atom. The fraction of sp³-hybridized carbons (Fsp3) is 0.722. The molecule has 0 radical (unpaired) electrons. The number of rotatable bonds is 3. The van der Waals surface area contributed by atoms with E-state index in [1.54, 1.807) is 19.3 Å². The van der Waals surface area contributed by atoms with Gasteiger partial charge in [-0.25, -0.2) is 9.59 Å². The van der Waals surface area contributed by atoms with E-state index in [-0.39, 0.29) is 0 Å². The Balaban J connectivity index is 0.000000183. The van der Waals surface area contributed by atoms with E-state index in [1.165, 1.54) is 25.1 Å². The first-order chi connectivity index (χ1) is 11.4. The number of hydrogen-bond donors (Lipinski definition) is 3. The molecule has 0 aromatic rings. The van der Waals surface area contributed by atoms with Crippen LogP contribution in [0.3, 0.4) is 0 Å². The molecule has 24 heavy (non-hydrogen) atoms. The summed E-state index contributed by atoms with van der Waals surface area (Å²) in [5.74, 6) is 1.86. The molecule has 0 amide bonds. The number of carboxylic acid groups (broad SMARTS) is 2. The number of carbonyl (C=O) groups is 2. The Hall–Kier alpha value is -1.85. The lowest BCUT2D eigenvalue weighted by molar-refractivity contribution is -0.134. The maximum atomic E-state index is 9.55. The van der Waals surface area contributed by atoms with Crippen LogP contribution in [0.4, 0.5) is 0 Å². The van der Waals surface area contributed by atoms with Gasteiger partial charge in [0.1, 0.15) is 0 Å². The molecule has 0 aromatic heterocycles. The average molecular weight is 334 g/mol. The Morgan fingerprint density at radius 2 is 1.50 bits per heavy atom. The maximum Gasteiger partial charge on any atom is 0.328 e. The molecule has 132 valence electrons. The quantitative estimate of drug-likeness (QED) is 0.688. The molecule has 0 saturated heterocycles. The van der Waals surface area contributed by atoms with Gasteiger partial charge in [-0.3, -0.25) is 4.99 Å². The van der Waals surface area contributed by atoms with Crippen molar-refractivity contribution in [3.63, 3.8) is 0 Å². The summed E-state index contributed by atoms with van der Waals surface area (Å²) in [6.07, 6.45) is 10.3. The largest absolute Gasteiger partial charge is 0.478 e. The molecule has 6 heteroatoms. The van der Waals surface area contributed by atoms with Crippen molar-refractivity contribution in [2.75, 3.05) is 6.54 Å². The molecule has 4 bridgehead atoms. The highest BCUT2D eigenvalue weighted by Gasteiger charge is 2.54. The van der Waals surface area contributed by atoms with Crippen LogP contribution in [0.1, 0.15) is 45.4 Å². The Kier molecular flexibility index (Phi) is 4.65. The van der Waals surface area contributed by atoms with Gasteiger partial charge in [0.15, 0.2) is 0 Å². The van der Waals surface area contributed by atoms with Gasteiger partial charge < -0.3 is 15.5 Å². The van der Waals surface area contributed by atoms with E-state index >= 15 is 0 Å². The molecule has 4 saturated carbocycles. The van der Waals surface area contributed by atoms with E-state index in [1.807, 2.05) is 0 Å².